The maximum absolute atomic E-state index is 13.5. The monoisotopic (exact) mass is 502 g/mol. The molecule has 2 bridgehead atoms. The van der Waals surface area contributed by atoms with E-state index in [0.717, 1.165) is 11.4 Å². The molecule has 5 rings (SSSR count). The van der Waals surface area contributed by atoms with Crippen molar-refractivity contribution in [1.29, 1.82) is 0 Å². The Morgan fingerprint density at radius 2 is 1.87 bits per heavy atom. The van der Waals surface area contributed by atoms with Gasteiger partial charge in [-0.1, -0.05) is 35.9 Å². The van der Waals surface area contributed by atoms with E-state index in [4.69, 9.17) is 16.3 Å². The molecular formula is C23H17BrClFN2O3. The van der Waals surface area contributed by atoms with Crippen molar-refractivity contribution in [3.8, 4) is 5.75 Å². The van der Waals surface area contributed by atoms with E-state index in [2.05, 4.69) is 21.0 Å². The van der Waals surface area contributed by atoms with Gasteiger partial charge in [-0.25, -0.2) is 4.39 Å². The smallest absolute Gasteiger partial charge is 0.254 e. The van der Waals surface area contributed by atoms with Crippen LogP contribution < -0.4 is 4.74 Å². The van der Waals surface area contributed by atoms with Crippen molar-refractivity contribution in [3.05, 3.63) is 75.0 Å². The lowest BCUT2D eigenvalue weighted by Gasteiger charge is -2.14. The quantitative estimate of drug-likeness (QED) is 0.329. The summed E-state index contributed by atoms with van der Waals surface area (Å²) < 4.78 is 19.9. The van der Waals surface area contributed by atoms with Crippen molar-refractivity contribution >= 4 is 45.6 Å². The Hall–Kier alpha value is -2.51. The molecule has 0 unspecified atom stereocenters. The fourth-order valence-electron chi connectivity index (χ4n) is 4.73. The topological polar surface area (TPSA) is 59.0 Å². The van der Waals surface area contributed by atoms with Crippen LogP contribution in [-0.4, -0.2) is 23.0 Å². The molecule has 0 N–H and O–H groups in total. The molecule has 0 spiro atoms. The minimum absolute atomic E-state index is 0.122. The first kappa shape index (κ1) is 20.4. The summed E-state index contributed by atoms with van der Waals surface area (Å²) in [6.45, 7) is 0.125. The number of rotatable bonds is 5. The van der Waals surface area contributed by atoms with Crippen LogP contribution in [0.5, 0.6) is 5.75 Å². The lowest BCUT2D eigenvalue weighted by molar-refractivity contribution is -0.140. The van der Waals surface area contributed by atoms with E-state index in [0.29, 0.717) is 26.4 Å². The van der Waals surface area contributed by atoms with E-state index >= 15 is 0 Å². The molecule has 31 heavy (non-hydrogen) atoms. The summed E-state index contributed by atoms with van der Waals surface area (Å²) in [5, 5.41) is 5.62. The van der Waals surface area contributed by atoms with Gasteiger partial charge in [-0.3, -0.25) is 9.59 Å². The van der Waals surface area contributed by atoms with Gasteiger partial charge in [0.15, 0.2) is 0 Å². The number of hydrazone groups is 1. The maximum atomic E-state index is 13.5. The van der Waals surface area contributed by atoms with Crippen molar-refractivity contribution in [3.63, 3.8) is 0 Å². The molecule has 2 amide bonds. The fraction of sp³-hybridized carbons (Fsp3) is 0.261. The number of benzene rings is 2. The molecule has 2 fully saturated rings. The standard InChI is InChI=1S/C23H17BrClFN2O3/c24-18-9-16(25)8-15(21(18)31-11-12-2-1-3-17(26)6-12)10-27-28-22(29)19-13-4-5-14(7-13)20(19)23(28)30/h1-6,8-10,13-14,19-20H,7,11H2/t13-,14-,19-,20+/m0/s1. The number of hydrogen-bond acceptors (Lipinski definition) is 4. The first-order valence-corrected chi connectivity index (χ1v) is 11.1. The van der Waals surface area contributed by atoms with Crippen LogP contribution >= 0.6 is 27.5 Å². The van der Waals surface area contributed by atoms with Crippen molar-refractivity contribution in [2.24, 2.45) is 28.8 Å². The second-order valence-corrected chi connectivity index (χ2v) is 9.25. The van der Waals surface area contributed by atoms with Crippen LogP contribution in [0.25, 0.3) is 0 Å². The molecule has 1 saturated carbocycles. The van der Waals surface area contributed by atoms with Gasteiger partial charge in [0.2, 0.25) is 0 Å². The minimum Gasteiger partial charge on any atom is -0.487 e. The van der Waals surface area contributed by atoms with Crippen LogP contribution in [0.3, 0.4) is 0 Å². The van der Waals surface area contributed by atoms with Crippen LogP contribution in [-0.2, 0) is 16.2 Å². The Labute approximate surface area is 191 Å². The summed E-state index contributed by atoms with van der Waals surface area (Å²) in [4.78, 5) is 25.7. The van der Waals surface area contributed by atoms with Gasteiger partial charge in [0.25, 0.3) is 11.8 Å². The van der Waals surface area contributed by atoms with E-state index < -0.39 is 0 Å². The third-order valence-corrected chi connectivity index (χ3v) is 6.88. The maximum Gasteiger partial charge on any atom is 0.254 e. The molecule has 0 aromatic heterocycles. The van der Waals surface area contributed by atoms with Crippen molar-refractivity contribution < 1.29 is 18.7 Å². The van der Waals surface area contributed by atoms with Gasteiger partial charge in [-0.2, -0.15) is 10.1 Å². The molecule has 3 aliphatic rings. The third-order valence-electron chi connectivity index (χ3n) is 6.07. The highest BCUT2D eigenvalue weighted by Gasteiger charge is 2.59. The lowest BCUT2D eigenvalue weighted by atomic mass is 9.85. The van der Waals surface area contributed by atoms with Crippen LogP contribution in [0.15, 0.2) is 58.1 Å². The molecule has 158 valence electrons. The van der Waals surface area contributed by atoms with Gasteiger partial charge in [-0.05, 0) is 64.0 Å². The largest absolute Gasteiger partial charge is 0.487 e. The molecule has 2 aromatic carbocycles. The zero-order valence-electron chi connectivity index (χ0n) is 16.2. The van der Waals surface area contributed by atoms with Crippen LogP contribution in [0.2, 0.25) is 5.02 Å². The Morgan fingerprint density at radius 3 is 2.55 bits per heavy atom. The van der Waals surface area contributed by atoms with Gasteiger partial charge < -0.3 is 4.74 Å². The number of hydrogen-bond donors (Lipinski definition) is 0. The zero-order valence-corrected chi connectivity index (χ0v) is 18.5. The predicted octanol–water partition coefficient (Wildman–Crippen LogP) is 4.96. The second-order valence-electron chi connectivity index (χ2n) is 7.96. The van der Waals surface area contributed by atoms with Gasteiger partial charge >= 0.3 is 0 Å². The van der Waals surface area contributed by atoms with E-state index in [1.807, 2.05) is 12.2 Å². The second kappa shape index (κ2) is 7.88. The number of halogens is 3. The molecule has 1 aliphatic heterocycles. The third kappa shape index (κ3) is 3.59. The zero-order chi connectivity index (χ0) is 21.7. The van der Waals surface area contributed by atoms with Crippen molar-refractivity contribution in [1.82, 2.24) is 5.01 Å². The highest BCUT2D eigenvalue weighted by Crippen LogP contribution is 2.52. The summed E-state index contributed by atoms with van der Waals surface area (Å²) >= 11 is 9.61. The molecule has 5 nitrogen and oxygen atoms in total. The summed E-state index contributed by atoms with van der Waals surface area (Å²) in [7, 11) is 0. The normalized spacial score (nSPS) is 26.4. The van der Waals surface area contributed by atoms with Crippen LogP contribution in [0.4, 0.5) is 4.39 Å². The van der Waals surface area contributed by atoms with Crippen molar-refractivity contribution in [2.75, 3.05) is 0 Å². The molecule has 0 radical (unpaired) electrons. The Bertz CT molecular complexity index is 1120. The Kier molecular flexibility index (Phi) is 5.18. The molecule has 1 heterocycles. The fourth-order valence-corrected chi connectivity index (χ4v) is 5.68. The van der Waals surface area contributed by atoms with E-state index in [1.165, 1.54) is 18.3 Å². The number of allylic oxidation sites excluding steroid dienone is 2. The van der Waals surface area contributed by atoms with Crippen molar-refractivity contribution in [2.45, 2.75) is 13.0 Å². The number of carbonyl (C=O) groups excluding carboxylic acids is 2. The van der Waals surface area contributed by atoms with E-state index in [-0.39, 0.29) is 47.9 Å². The number of nitrogens with zero attached hydrogens (tertiary/aromatic N) is 2. The minimum atomic E-state index is -0.349. The van der Waals surface area contributed by atoms with Gasteiger partial charge in [0.05, 0.1) is 22.5 Å². The molecule has 8 heteroatoms. The number of ether oxygens (including phenoxy) is 1. The van der Waals surface area contributed by atoms with E-state index in [1.54, 1.807) is 24.3 Å². The number of carbonyl (C=O) groups is 2. The molecule has 2 aliphatic carbocycles. The van der Waals surface area contributed by atoms with Crippen LogP contribution in [0, 0.1) is 29.5 Å². The number of amides is 2. The Balaban J connectivity index is 1.39. The van der Waals surface area contributed by atoms with Gasteiger partial charge in [-0.15, -0.1) is 0 Å². The lowest BCUT2D eigenvalue weighted by Crippen LogP contribution is -2.28. The highest BCUT2D eigenvalue weighted by atomic mass is 79.9. The molecular weight excluding hydrogens is 487 g/mol. The number of fused-ring (bicyclic) bond motifs is 5. The van der Waals surface area contributed by atoms with E-state index in [9.17, 15) is 14.0 Å². The van der Waals surface area contributed by atoms with Gasteiger partial charge in [0, 0.05) is 10.6 Å². The Morgan fingerprint density at radius 1 is 1.16 bits per heavy atom. The molecule has 2 aromatic rings. The predicted molar refractivity (Wildman–Crippen MR) is 117 cm³/mol. The summed E-state index contributed by atoms with van der Waals surface area (Å²) in [5.41, 5.74) is 1.15. The SMILES string of the molecule is O=C1[C@@H]2[C@H](C(=O)N1N=Cc1cc(Cl)cc(Br)c1OCc1cccc(F)c1)[C@H]1C=C[C@H]2C1. The average Bonchev–Trinajstić information content (AvgIpc) is 3.40. The average molecular weight is 504 g/mol. The summed E-state index contributed by atoms with van der Waals surface area (Å²) in [6.07, 6.45) is 6.35. The highest BCUT2D eigenvalue weighted by molar-refractivity contribution is 9.10. The van der Waals surface area contributed by atoms with Gasteiger partial charge in [0.1, 0.15) is 18.2 Å². The number of imide groups is 1. The summed E-state index contributed by atoms with van der Waals surface area (Å²) in [6, 6.07) is 9.41. The first-order chi connectivity index (χ1) is 14.9. The summed E-state index contributed by atoms with van der Waals surface area (Å²) in [5.74, 6) is -0.812. The molecule has 4 atom stereocenters. The first-order valence-electron chi connectivity index (χ1n) is 9.89. The molecule has 1 saturated heterocycles. The van der Waals surface area contributed by atoms with Crippen LogP contribution in [0.1, 0.15) is 17.5 Å².